The summed E-state index contributed by atoms with van der Waals surface area (Å²) < 4.78 is 16.0. The number of methoxy groups -OCH3 is 2. The molecule has 15 heavy (non-hydrogen) atoms. The summed E-state index contributed by atoms with van der Waals surface area (Å²) in [4.78, 5) is 0. The predicted octanol–water partition coefficient (Wildman–Crippen LogP) is 2.45. The van der Waals surface area contributed by atoms with Gasteiger partial charge in [-0.3, -0.25) is 0 Å². The molecule has 3 nitrogen and oxygen atoms in total. The van der Waals surface area contributed by atoms with Crippen molar-refractivity contribution in [3.8, 4) is 0 Å². The van der Waals surface area contributed by atoms with Gasteiger partial charge in [0.1, 0.15) is 0 Å². The standard InChI is InChI=1S/C12H24O3/c1-9-5-10(2)7-11(6-9)15-8-12(13-3)14-4/h9-12H,5-8H2,1-4H3. The number of hydrogen-bond acceptors (Lipinski definition) is 3. The van der Waals surface area contributed by atoms with E-state index in [1.165, 1.54) is 19.3 Å². The summed E-state index contributed by atoms with van der Waals surface area (Å²) in [6.07, 6.45) is 3.83. The summed E-state index contributed by atoms with van der Waals surface area (Å²) in [5.41, 5.74) is 0. The van der Waals surface area contributed by atoms with Gasteiger partial charge in [-0.1, -0.05) is 13.8 Å². The second-order valence-electron chi connectivity index (χ2n) is 4.77. The minimum atomic E-state index is -0.225. The average molecular weight is 216 g/mol. The summed E-state index contributed by atoms with van der Waals surface area (Å²) in [5.74, 6) is 1.56. The molecule has 90 valence electrons. The summed E-state index contributed by atoms with van der Waals surface area (Å²) in [7, 11) is 3.29. The van der Waals surface area contributed by atoms with Gasteiger partial charge < -0.3 is 14.2 Å². The fourth-order valence-corrected chi connectivity index (χ4v) is 2.46. The minimum absolute atomic E-state index is 0.225. The normalized spacial score (nSPS) is 32.2. The van der Waals surface area contributed by atoms with Crippen LogP contribution in [0.15, 0.2) is 0 Å². The third-order valence-corrected chi connectivity index (χ3v) is 3.13. The summed E-state index contributed by atoms with van der Waals surface area (Å²) in [6, 6.07) is 0. The fourth-order valence-electron chi connectivity index (χ4n) is 2.46. The molecule has 1 saturated carbocycles. The van der Waals surface area contributed by atoms with Crippen LogP contribution in [0.5, 0.6) is 0 Å². The molecule has 1 rings (SSSR count). The highest BCUT2D eigenvalue weighted by molar-refractivity contribution is 4.75. The lowest BCUT2D eigenvalue weighted by molar-refractivity contribution is -0.157. The quantitative estimate of drug-likeness (QED) is 0.661. The highest BCUT2D eigenvalue weighted by Crippen LogP contribution is 2.30. The van der Waals surface area contributed by atoms with Crippen molar-refractivity contribution in [1.29, 1.82) is 0 Å². The van der Waals surface area contributed by atoms with E-state index >= 15 is 0 Å². The Morgan fingerprint density at radius 2 is 1.53 bits per heavy atom. The number of hydrogen-bond donors (Lipinski definition) is 0. The van der Waals surface area contributed by atoms with Crippen LogP contribution in [0.4, 0.5) is 0 Å². The lowest BCUT2D eigenvalue weighted by Crippen LogP contribution is -2.30. The van der Waals surface area contributed by atoms with Gasteiger partial charge in [0, 0.05) is 14.2 Å². The SMILES string of the molecule is COC(COC1CC(C)CC(C)C1)OC. The first kappa shape index (κ1) is 12.9. The molecule has 0 aromatic rings. The van der Waals surface area contributed by atoms with E-state index in [2.05, 4.69) is 13.8 Å². The van der Waals surface area contributed by atoms with E-state index in [9.17, 15) is 0 Å². The van der Waals surface area contributed by atoms with Crippen molar-refractivity contribution in [1.82, 2.24) is 0 Å². The van der Waals surface area contributed by atoms with Crippen molar-refractivity contribution in [2.45, 2.75) is 45.5 Å². The van der Waals surface area contributed by atoms with E-state index in [0.717, 1.165) is 11.8 Å². The number of ether oxygens (including phenoxy) is 3. The van der Waals surface area contributed by atoms with Gasteiger partial charge in [0.05, 0.1) is 12.7 Å². The summed E-state index contributed by atoms with van der Waals surface area (Å²) >= 11 is 0. The zero-order valence-electron chi connectivity index (χ0n) is 10.4. The van der Waals surface area contributed by atoms with E-state index in [1.54, 1.807) is 14.2 Å². The first-order valence-corrected chi connectivity index (χ1v) is 5.82. The van der Waals surface area contributed by atoms with Gasteiger partial charge in [0.2, 0.25) is 0 Å². The van der Waals surface area contributed by atoms with Gasteiger partial charge in [-0.25, -0.2) is 0 Å². The molecule has 1 fully saturated rings. The third-order valence-electron chi connectivity index (χ3n) is 3.13. The lowest BCUT2D eigenvalue weighted by Gasteiger charge is -2.32. The molecule has 2 unspecified atom stereocenters. The molecular formula is C12H24O3. The molecule has 0 aliphatic heterocycles. The molecule has 2 atom stereocenters. The van der Waals surface area contributed by atoms with E-state index in [-0.39, 0.29) is 6.29 Å². The molecule has 0 aromatic heterocycles. The van der Waals surface area contributed by atoms with Gasteiger partial charge in [-0.2, -0.15) is 0 Å². The largest absolute Gasteiger partial charge is 0.373 e. The second-order valence-corrected chi connectivity index (χ2v) is 4.77. The molecule has 0 spiro atoms. The molecule has 0 N–H and O–H groups in total. The predicted molar refractivity (Wildman–Crippen MR) is 59.7 cm³/mol. The lowest BCUT2D eigenvalue weighted by atomic mass is 9.82. The first-order valence-electron chi connectivity index (χ1n) is 5.82. The molecule has 0 bridgehead atoms. The second kappa shape index (κ2) is 6.46. The topological polar surface area (TPSA) is 27.7 Å². The zero-order valence-corrected chi connectivity index (χ0v) is 10.4. The Balaban J connectivity index is 2.25. The van der Waals surface area contributed by atoms with Gasteiger partial charge in [-0.15, -0.1) is 0 Å². The Bertz CT molecular complexity index is 158. The molecule has 0 saturated heterocycles. The Hall–Kier alpha value is -0.120. The van der Waals surface area contributed by atoms with Gasteiger partial charge in [0.25, 0.3) is 0 Å². The van der Waals surface area contributed by atoms with E-state index in [1.807, 2.05) is 0 Å². The Kier molecular flexibility index (Phi) is 5.58. The van der Waals surface area contributed by atoms with Crippen molar-refractivity contribution >= 4 is 0 Å². The number of rotatable bonds is 5. The van der Waals surface area contributed by atoms with Crippen LogP contribution in [0.2, 0.25) is 0 Å². The van der Waals surface area contributed by atoms with Crippen molar-refractivity contribution in [2.75, 3.05) is 20.8 Å². The molecule has 0 amide bonds. The molecule has 0 heterocycles. The van der Waals surface area contributed by atoms with Crippen molar-refractivity contribution in [3.63, 3.8) is 0 Å². The van der Waals surface area contributed by atoms with Crippen molar-refractivity contribution in [2.24, 2.45) is 11.8 Å². The van der Waals surface area contributed by atoms with Gasteiger partial charge >= 0.3 is 0 Å². The fraction of sp³-hybridized carbons (Fsp3) is 1.00. The zero-order chi connectivity index (χ0) is 11.3. The molecule has 3 heteroatoms. The molecule has 0 radical (unpaired) electrons. The van der Waals surface area contributed by atoms with Gasteiger partial charge in [0.15, 0.2) is 6.29 Å². The summed E-state index contributed by atoms with van der Waals surface area (Å²) in [5, 5.41) is 0. The third kappa shape index (κ3) is 4.49. The van der Waals surface area contributed by atoms with Crippen LogP contribution < -0.4 is 0 Å². The van der Waals surface area contributed by atoms with Crippen LogP contribution in [0.25, 0.3) is 0 Å². The van der Waals surface area contributed by atoms with Crippen LogP contribution in [0, 0.1) is 11.8 Å². The Morgan fingerprint density at radius 3 is 2.00 bits per heavy atom. The highest BCUT2D eigenvalue weighted by Gasteiger charge is 2.25. The minimum Gasteiger partial charge on any atom is -0.373 e. The molecule has 0 aromatic carbocycles. The van der Waals surface area contributed by atoms with Crippen LogP contribution in [0.3, 0.4) is 0 Å². The maximum Gasteiger partial charge on any atom is 0.180 e. The first-order chi connectivity index (χ1) is 7.15. The average Bonchev–Trinajstić information content (AvgIpc) is 2.18. The van der Waals surface area contributed by atoms with E-state index < -0.39 is 0 Å². The maximum absolute atomic E-state index is 5.82. The van der Waals surface area contributed by atoms with E-state index in [0.29, 0.717) is 12.7 Å². The maximum atomic E-state index is 5.82. The Labute approximate surface area is 93.1 Å². The molecule has 1 aliphatic carbocycles. The Morgan fingerprint density at radius 1 is 1.00 bits per heavy atom. The highest BCUT2D eigenvalue weighted by atomic mass is 16.7. The van der Waals surface area contributed by atoms with Crippen LogP contribution in [-0.4, -0.2) is 33.2 Å². The van der Waals surface area contributed by atoms with Crippen LogP contribution in [-0.2, 0) is 14.2 Å². The monoisotopic (exact) mass is 216 g/mol. The van der Waals surface area contributed by atoms with Crippen molar-refractivity contribution in [3.05, 3.63) is 0 Å². The van der Waals surface area contributed by atoms with Crippen LogP contribution >= 0.6 is 0 Å². The van der Waals surface area contributed by atoms with Crippen LogP contribution in [0.1, 0.15) is 33.1 Å². The van der Waals surface area contributed by atoms with E-state index in [4.69, 9.17) is 14.2 Å². The van der Waals surface area contributed by atoms with Gasteiger partial charge in [-0.05, 0) is 31.1 Å². The van der Waals surface area contributed by atoms with Crippen molar-refractivity contribution < 1.29 is 14.2 Å². The smallest absolute Gasteiger partial charge is 0.180 e. The molecule has 1 aliphatic rings. The molecular weight excluding hydrogens is 192 g/mol. The summed E-state index contributed by atoms with van der Waals surface area (Å²) in [6.45, 7) is 5.14.